The molecule has 2 aliphatic carbocycles. The number of thiocarbonyl (C=S) groups is 1. The predicted molar refractivity (Wildman–Crippen MR) is 176 cm³/mol. The van der Waals surface area contributed by atoms with E-state index in [0.717, 1.165) is 52.9 Å². The second-order valence-corrected chi connectivity index (χ2v) is 18.3. The molecule has 0 radical (unpaired) electrons. The van der Waals surface area contributed by atoms with E-state index in [1.54, 1.807) is 0 Å². The molecule has 0 saturated heterocycles. The van der Waals surface area contributed by atoms with E-state index in [-0.39, 0.29) is 11.0 Å². The van der Waals surface area contributed by atoms with E-state index in [4.69, 9.17) is 27.6 Å². The first-order chi connectivity index (χ1) is 19.6. The maximum absolute atomic E-state index is 12.6. The molecule has 0 spiro atoms. The Morgan fingerprint density at radius 3 is 2.12 bits per heavy atom. The first kappa shape index (κ1) is 30.2. The first-order valence-corrected chi connectivity index (χ1v) is 18.1. The van der Waals surface area contributed by atoms with Gasteiger partial charge in [-0.05, 0) is 78.1 Å². The van der Waals surface area contributed by atoms with E-state index in [1.807, 2.05) is 36.4 Å². The van der Waals surface area contributed by atoms with Gasteiger partial charge in [-0.1, -0.05) is 112 Å². The molecule has 0 bridgehead atoms. The van der Waals surface area contributed by atoms with Crippen molar-refractivity contribution < 1.29 is 9.32 Å². The highest BCUT2D eigenvalue weighted by atomic mass is 32.1. The topological polar surface area (TPSA) is 72.3 Å². The summed E-state index contributed by atoms with van der Waals surface area (Å²) < 4.78 is 6.17. The van der Waals surface area contributed by atoms with Crippen molar-refractivity contribution in [2.24, 2.45) is 17.6 Å². The Bertz CT molecular complexity index is 1260. The fourth-order valence-corrected chi connectivity index (χ4v) is 11.3. The highest BCUT2D eigenvalue weighted by molar-refractivity contribution is 7.80. The van der Waals surface area contributed by atoms with E-state index in [1.165, 1.54) is 37.7 Å². The molecule has 0 aliphatic heterocycles. The fourth-order valence-electron chi connectivity index (χ4n) is 7.36. The molecule has 220 valence electrons. The molecular formula is C35H48N2O2SSi. The molecule has 2 aliphatic rings. The van der Waals surface area contributed by atoms with Gasteiger partial charge in [-0.2, -0.15) is 0 Å². The average molecular weight is 589 g/mol. The highest BCUT2D eigenvalue weighted by Gasteiger charge is 2.49. The van der Waals surface area contributed by atoms with Crippen LogP contribution in [0.15, 0.2) is 65.2 Å². The van der Waals surface area contributed by atoms with E-state index in [9.17, 15) is 4.80 Å². The quantitative estimate of drug-likeness (QED) is 0.150. The fraction of sp³-hybridized carbons (Fsp3) is 0.543. The smallest absolute Gasteiger partial charge is 0.258 e. The summed E-state index contributed by atoms with van der Waals surface area (Å²) in [5, 5.41) is 6.58. The molecule has 2 fully saturated rings. The van der Waals surface area contributed by atoms with Crippen LogP contribution in [0.1, 0.15) is 120 Å². The number of rotatable bonds is 14. The molecule has 1 heterocycles. The average Bonchev–Trinajstić information content (AvgIpc) is 3.68. The van der Waals surface area contributed by atoms with Crippen LogP contribution in [0, 0.1) is 11.8 Å². The Kier molecular flexibility index (Phi) is 9.22. The van der Waals surface area contributed by atoms with Crippen LogP contribution >= 0.6 is 12.2 Å². The zero-order chi connectivity index (χ0) is 29.2. The van der Waals surface area contributed by atoms with Crippen molar-refractivity contribution in [1.29, 1.82) is 0 Å². The Morgan fingerprint density at radius 1 is 1.02 bits per heavy atom. The Labute approximate surface area is 253 Å². The maximum atomic E-state index is 12.6. The summed E-state index contributed by atoms with van der Waals surface area (Å²) in [6.07, 6.45) is 9.65. The van der Waals surface area contributed by atoms with Crippen LogP contribution in [0.4, 0.5) is 0 Å². The molecule has 5 rings (SSSR count). The van der Waals surface area contributed by atoms with Gasteiger partial charge < -0.3 is 15.1 Å². The largest absolute Gasteiger partial charge is 0.424 e. The summed E-state index contributed by atoms with van der Waals surface area (Å²) in [4.78, 5) is 13.1. The van der Waals surface area contributed by atoms with Crippen LogP contribution in [-0.4, -0.2) is 23.3 Å². The van der Waals surface area contributed by atoms with Crippen LogP contribution in [0.5, 0.6) is 0 Å². The maximum Gasteiger partial charge on any atom is 0.258 e. The van der Waals surface area contributed by atoms with Gasteiger partial charge in [-0.15, -0.1) is 0 Å². The Balaban J connectivity index is 1.35. The summed E-state index contributed by atoms with van der Waals surface area (Å²) in [6, 6.07) is 20.6. The van der Waals surface area contributed by atoms with Crippen molar-refractivity contribution >= 4 is 35.9 Å². The summed E-state index contributed by atoms with van der Waals surface area (Å²) in [6.45, 7) is 9.13. The SMILES string of the molecule is CC(C)CC1CC(c2onc(C(CCCC(C)(C)[Si](O)(c3ccccc3)c3ccccc3)CC(N)=S)c2C2CC2)C1. The van der Waals surface area contributed by atoms with Crippen molar-refractivity contribution in [3.8, 4) is 0 Å². The lowest BCUT2D eigenvalue weighted by atomic mass is 9.69. The molecule has 3 N–H and O–H groups in total. The lowest BCUT2D eigenvalue weighted by Gasteiger charge is -2.41. The van der Waals surface area contributed by atoms with E-state index in [0.29, 0.717) is 23.2 Å². The van der Waals surface area contributed by atoms with Gasteiger partial charge in [-0.25, -0.2) is 0 Å². The van der Waals surface area contributed by atoms with Crippen LogP contribution < -0.4 is 16.1 Å². The number of hydrogen-bond acceptors (Lipinski definition) is 4. The zero-order valence-corrected chi connectivity index (χ0v) is 27.1. The van der Waals surface area contributed by atoms with Gasteiger partial charge in [0.2, 0.25) is 0 Å². The van der Waals surface area contributed by atoms with Crippen LogP contribution in [0.2, 0.25) is 5.04 Å². The third kappa shape index (κ3) is 6.55. The van der Waals surface area contributed by atoms with E-state index in [2.05, 4.69) is 52.0 Å². The third-order valence-electron chi connectivity index (χ3n) is 9.73. The molecule has 2 saturated carbocycles. The first-order valence-electron chi connectivity index (χ1n) is 15.7. The summed E-state index contributed by atoms with van der Waals surface area (Å²) >= 11 is 5.44. The molecule has 41 heavy (non-hydrogen) atoms. The minimum Gasteiger partial charge on any atom is -0.424 e. The lowest BCUT2D eigenvalue weighted by molar-refractivity contribution is 0.189. The predicted octanol–water partition coefficient (Wildman–Crippen LogP) is 7.55. The summed E-state index contributed by atoms with van der Waals surface area (Å²) in [5.41, 5.74) is 8.66. The van der Waals surface area contributed by atoms with Gasteiger partial charge in [0.25, 0.3) is 8.32 Å². The lowest BCUT2D eigenvalue weighted by Crippen LogP contribution is -2.65. The number of hydrogen-bond donors (Lipinski definition) is 2. The van der Waals surface area contributed by atoms with Crippen LogP contribution in [0.3, 0.4) is 0 Å². The molecule has 1 unspecified atom stereocenters. The van der Waals surface area contributed by atoms with Gasteiger partial charge in [0.1, 0.15) is 5.76 Å². The van der Waals surface area contributed by atoms with E-state index >= 15 is 0 Å². The summed E-state index contributed by atoms with van der Waals surface area (Å²) in [7, 11) is -3.04. The standard InChI is InChI=1S/C35H48N2O2SSi/c1-24(2)20-25-21-28(22-25)34-32(26-17-18-26)33(37-39-34)27(23-31(36)40)12-11-19-35(3,4)41(38,29-13-7-5-8-14-29)30-15-9-6-10-16-30/h5-10,13-16,24-28,38H,11-12,17-23H2,1-4H3,(H2,36,40). The minimum absolute atomic E-state index is 0.158. The number of nitrogens with two attached hydrogens (primary N) is 1. The molecule has 0 amide bonds. The highest BCUT2D eigenvalue weighted by Crippen LogP contribution is 2.53. The number of benzene rings is 2. The monoisotopic (exact) mass is 588 g/mol. The van der Waals surface area contributed by atoms with Gasteiger partial charge in [-0.3, -0.25) is 0 Å². The number of aromatic nitrogens is 1. The zero-order valence-electron chi connectivity index (χ0n) is 25.3. The van der Waals surface area contributed by atoms with Crippen molar-refractivity contribution in [2.75, 3.05) is 0 Å². The molecule has 1 atom stereocenters. The van der Waals surface area contributed by atoms with Crippen LogP contribution in [0.25, 0.3) is 0 Å². The van der Waals surface area contributed by atoms with E-state index < -0.39 is 8.32 Å². The Hall–Kier alpha value is -2.28. The van der Waals surface area contributed by atoms with Gasteiger partial charge >= 0.3 is 0 Å². The van der Waals surface area contributed by atoms with Crippen molar-refractivity contribution in [3.05, 3.63) is 77.7 Å². The molecule has 1 aromatic heterocycles. The molecule has 6 heteroatoms. The van der Waals surface area contributed by atoms with Gasteiger partial charge in [0, 0.05) is 23.8 Å². The molecule has 2 aromatic carbocycles. The van der Waals surface area contributed by atoms with Gasteiger partial charge in [0.05, 0.1) is 10.7 Å². The molecule has 4 nitrogen and oxygen atoms in total. The van der Waals surface area contributed by atoms with Gasteiger partial charge in [0.15, 0.2) is 0 Å². The second-order valence-electron chi connectivity index (χ2n) is 13.9. The van der Waals surface area contributed by atoms with Crippen LogP contribution in [-0.2, 0) is 0 Å². The normalized spacial score (nSPS) is 20.1. The summed E-state index contributed by atoms with van der Waals surface area (Å²) in [5.74, 6) is 3.97. The Morgan fingerprint density at radius 2 is 1.61 bits per heavy atom. The second kappa shape index (κ2) is 12.5. The molecule has 3 aromatic rings. The van der Waals surface area contributed by atoms with Crippen molar-refractivity contribution in [3.63, 3.8) is 0 Å². The third-order valence-corrected chi connectivity index (χ3v) is 14.4. The van der Waals surface area contributed by atoms with Crippen molar-refractivity contribution in [2.45, 2.75) is 108 Å². The number of nitrogens with zero attached hydrogens (tertiary/aromatic N) is 1. The minimum atomic E-state index is -3.04. The molecular weight excluding hydrogens is 541 g/mol. The van der Waals surface area contributed by atoms with Crippen molar-refractivity contribution in [1.82, 2.24) is 5.16 Å².